The van der Waals surface area contributed by atoms with Gasteiger partial charge in [0.05, 0.1) is 0 Å². The fourth-order valence-electron chi connectivity index (χ4n) is 2.75. The van der Waals surface area contributed by atoms with E-state index in [4.69, 9.17) is 16.6 Å². The highest BCUT2D eigenvalue weighted by Crippen LogP contribution is 2.26. The highest BCUT2D eigenvalue weighted by Gasteiger charge is 2.12. The molecule has 1 aromatic heterocycles. The molecule has 4 aromatic rings. The molecule has 0 saturated carbocycles. The first-order valence-corrected chi connectivity index (χ1v) is 10.3. The maximum absolute atomic E-state index is 6.16. The molecule has 29 heavy (non-hydrogen) atoms. The van der Waals surface area contributed by atoms with E-state index in [1.165, 1.54) is 0 Å². The largest absolute Gasteiger partial charge is 0.208 e. The molecule has 0 bridgehead atoms. The third kappa shape index (κ3) is 5.11. The second-order valence-electron chi connectivity index (χ2n) is 6.01. The minimum atomic E-state index is 0.592. The molecular formula is C24H20ClN3S. The average molecular weight is 418 g/mol. The molecule has 0 spiro atoms. The molecule has 0 unspecified atom stereocenters. The summed E-state index contributed by atoms with van der Waals surface area (Å²) in [7, 11) is 0. The molecule has 3 aromatic carbocycles. The molecule has 3 nitrogen and oxygen atoms in total. The zero-order chi connectivity index (χ0) is 20.6. The van der Waals surface area contributed by atoms with Gasteiger partial charge in [0, 0.05) is 21.7 Å². The molecule has 0 N–H and O–H groups in total. The number of hydrogen-bond donors (Lipinski definition) is 1. The summed E-state index contributed by atoms with van der Waals surface area (Å²) in [6.45, 7) is 3.80. The van der Waals surface area contributed by atoms with Crippen molar-refractivity contribution in [2.24, 2.45) is 0 Å². The van der Waals surface area contributed by atoms with E-state index in [-0.39, 0.29) is 0 Å². The highest BCUT2D eigenvalue weighted by atomic mass is 35.5. The van der Waals surface area contributed by atoms with E-state index in [1.807, 2.05) is 84.9 Å². The Morgan fingerprint density at radius 3 is 1.76 bits per heavy atom. The summed E-state index contributed by atoms with van der Waals surface area (Å²) >= 11 is 9.69. The first-order valence-electron chi connectivity index (χ1n) is 8.98. The number of rotatable bonds is 4. The van der Waals surface area contributed by atoms with Crippen molar-refractivity contribution in [3.8, 4) is 34.2 Å². The Labute approximate surface area is 181 Å². The Morgan fingerprint density at radius 2 is 1.21 bits per heavy atom. The standard InChI is InChI=1S/C23H16ClN3.CH4S/c1-2-16-11-13-18(14-12-16)22-25-21(17-7-4-3-5-8-17)26-23(27-22)19-9-6-10-20(24)15-19;1-2/h2-15H,1H2;2H,1H3. The number of benzene rings is 3. The van der Waals surface area contributed by atoms with E-state index < -0.39 is 0 Å². The van der Waals surface area contributed by atoms with Gasteiger partial charge in [-0.25, -0.2) is 15.0 Å². The molecule has 0 amide bonds. The van der Waals surface area contributed by atoms with Crippen LogP contribution in [-0.2, 0) is 0 Å². The van der Waals surface area contributed by atoms with Crippen molar-refractivity contribution >= 4 is 30.3 Å². The number of aromatic nitrogens is 3. The van der Waals surface area contributed by atoms with Gasteiger partial charge in [-0.15, -0.1) is 0 Å². The maximum Gasteiger partial charge on any atom is 0.164 e. The lowest BCUT2D eigenvalue weighted by molar-refractivity contribution is 1.07. The number of thiol groups is 1. The third-order valence-electron chi connectivity index (χ3n) is 4.15. The second-order valence-corrected chi connectivity index (χ2v) is 6.45. The summed E-state index contributed by atoms with van der Waals surface area (Å²) in [5.41, 5.74) is 3.76. The van der Waals surface area contributed by atoms with Crippen LogP contribution in [0, 0.1) is 0 Å². The molecule has 0 saturated heterocycles. The van der Waals surface area contributed by atoms with Crippen molar-refractivity contribution in [1.82, 2.24) is 15.0 Å². The van der Waals surface area contributed by atoms with Crippen molar-refractivity contribution in [3.63, 3.8) is 0 Å². The van der Waals surface area contributed by atoms with Crippen molar-refractivity contribution in [2.75, 3.05) is 6.26 Å². The Hall–Kier alpha value is -2.95. The van der Waals surface area contributed by atoms with Gasteiger partial charge in [0.25, 0.3) is 0 Å². The Kier molecular flexibility index (Phi) is 7.17. The second kappa shape index (κ2) is 10.0. The minimum Gasteiger partial charge on any atom is -0.208 e. The number of halogens is 1. The normalized spacial score (nSPS) is 10.0. The molecule has 0 radical (unpaired) electrons. The maximum atomic E-state index is 6.16. The quantitative estimate of drug-likeness (QED) is 0.375. The van der Waals surface area contributed by atoms with Crippen LogP contribution < -0.4 is 0 Å². The van der Waals surface area contributed by atoms with Gasteiger partial charge in [0.1, 0.15) is 0 Å². The van der Waals surface area contributed by atoms with Gasteiger partial charge in [0.2, 0.25) is 0 Å². The van der Waals surface area contributed by atoms with Crippen LogP contribution in [-0.4, -0.2) is 21.2 Å². The number of nitrogens with zero attached hydrogens (tertiary/aromatic N) is 3. The van der Waals surface area contributed by atoms with Gasteiger partial charge in [-0.3, -0.25) is 0 Å². The van der Waals surface area contributed by atoms with E-state index in [9.17, 15) is 0 Å². The molecular weight excluding hydrogens is 398 g/mol. The summed E-state index contributed by atoms with van der Waals surface area (Å²) in [4.78, 5) is 14.1. The molecule has 1 heterocycles. The van der Waals surface area contributed by atoms with E-state index in [1.54, 1.807) is 6.26 Å². The molecule has 0 aliphatic rings. The first-order chi connectivity index (χ1) is 14.2. The van der Waals surface area contributed by atoms with Gasteiger partial charge in [0.15, 0.2) is 17.5 Å². The van der Waals surface area contributed by atoms with Crippen LogP contribution in [0.25, 0.3) is 40.2 Å². The molecule has 0 fully saturated rings. The van der Waals surface area contributed by atoms with Crippen LogP contribution in [0.15, 0.2) is 85.4 Å². The van der Waals surface area contributed by atoms with E-state index >= 15 is 0 Å². The third-order valence-corrected chi connectivity index (χ3v) is 4.39. The van der Waals surface area contributed by atoms with Crippen LogP contribution >= 0.6 is 24.2 Å². The van der Waals surface area contributed by atoms with Gasteiger partial charge in [-0.1, -0.05) is 91.0 Å². The molecule has 0 atom stereocenters. The fraction of sp³-hybridized carbons (Fsp3) is 0.0417. The predicted molar refractivity (Wildman–Crippen MR) is 126 cm³/mol. The Balaban J connectivity index is 0.00000117. The van der Waals surface area contributed by atoms with Crippen LogP contribution in [0.3, 0.4) is 0 Å². The number of hydrogen-bond acceptors (Lipinski definition) is 4. The van der Waals surface area contributed by atoms with Gasteiger partial charge >= 0.3 is 0 Å². The zero-order valence-corrected chi connectivity index (χ0v) is 17.6. The van der Waals surface area contributed by atoms with Crippen LogP contribution in [0.2, 0.25) is 5.02 Å². The smallest absolute Gasteiger partial charge is 0.164 e. The Morgan fingerprint density at radius 1 is 0.690 bits per heavy atom. The summed E-state index contributed by atoms with van der Waals surface area (Å²) in [6, 6.07) is 25.4. The summed E-state index contributed by atoms with van der Waals surface area (Å²) in [5, 5.41) is 0.644. The fourth-order valence-corrected chi connectivity index (χ4v) is 2.94. The molecule has 0 aliphatic carbocycles. The lowest BCUT2D eigenvalue weighted by atomic mass is 10.1. The summed E-state index contributed by atoms with van der Waals surface area (Å²) in [5.74, 6) is 1.84. The molecule has 4 rings (SSSR count). The monoisotopic (exact) mass is 417 g/mol. The Bertz CT molecular complexity index is 1100. The van der Waals surface area contributed by atoms with Crippen LogP contribution in [0.5, 0.6) is 0 Å². The van der Waals surface area contributed by atoms with E-state index in [0.29, 0.717) is 22.5 Å². The van der Waals surface area contributed by atoms with E-state index in [2.05, 4.69) is 29.2 Å². The SMILES string of the molecule is C=Cc1ccc(-c2nc(-c3ccccc3)nc(-c3cccc(Cl)c3)n2)cc1.CS. The van der Waals surface area contributed by atoms with Crippen molar-refractivity contribution < 1.29 is 0 Å². The summed E-state index contributed by atoms with van der Waals surface area (Å²) < 4.78 is 0. The zero-order valence-electron chi connectivity index (χ0n) is 16.0. The van der Waals surface area contributed by atoms with Crippen molar-refractivity contribution in [2.45, 2.75) is 0 Å². The lowest BCUT2D eigenvalue weighted by Crippen LogP contribution is -2.00. The average Bonchev–Trinajstić information content (AvgIpc) is 2.81. The van der Waals surface area contributed by atoms with Gasteiger partial charge < -0.3 is 0 Å². The first kappa shape index (κ1) is 20.8. The van der Waals surface area contributed by atoms with Crippen molar-refractivity contribution in [1.29, 1.82) is 0 Å². The lowest BCUT2D eigenvalue weighted by Gasteiger charge is -2.08. The molecule has 144 valence electrons. The van der Waals surface area contributed by atoms with Crippen LogP contribution in [0.4, 0.5) is 0 Å². The topological polar surface area (TPSA) is 38.7 Å². The summed E-state index contributed by atoms with van der Waals surface area (Å²) in [6.07, 6.45) is 3.50. The minimum absolute atomic E-state index is 0.592. The van der Waals surface area contributed by atoms with Gasteiger partial charge in [-0.05, 0) is 24.0 Å². The highest BCUT2D eigenvalue weighted by molar-refractivity contribution is 7.79. The van der Waals surface area contributed by atoms with Crippen molar-refractivity contribution in [3.05, 3.63) is 96.0 Å². The van der Waals surface area contributed by atoms with Gasteiger partial charge in [-0.2, -0.15) is 12.6 Å². The van der Waals surface area contributed by atoms with E-state index in [0.717, 1.165) is 22.3 Å². The predicted octanol–water partition coefficient (Wildman–Crippen LogP) is 6.72. The molecule has 0 aliphatic heterocycles. The van der Waals surface area contributed by atoms with Crippen LogP contribution in [0.1, 0.15) is 5.56 Å². The molecule has 5 heteroatoms.